The van der Waals surface area contributed by atoms with Gasteiger partial charge in [-0.2, -0.15) is 0 Å². The van der Waals surface area contributed by atoms with Crippen LogP contribution in [0.25, 0.3) is 11.3 Å². The van der Waals surface area contributed by atoms with Crippen LogP contribution in [0.3, 0.4) is 0 Å². The van der Waals surface area contributed by atoms with Crippen LogP contribution in [0.15, 0.2) is 59.5 Å². The zero-order valence-corrected chi connectivity index (χ0v) is 12.3. The molecule has 0 fully saturated rings. The molecule has 3 heteroatoms. The fraction of sp³-hybridized carbons (Fsp3) is 0.0625. The topological polar surface area (TPSA) is 24.9 Å². The van der Waals surface area contributed by atoms with Crippen molar-refractivity contribution in [3.8, 4) is 11.3 Å². The molecule has 1 aromatic heterocycles. The summed E-state index contributed by atoms with van der Waals surface area (Å²) in [4.78, 5) is 6.89. The molecule has 0 saturated heterocycles. The normalized spacial score (nSPS) is 10.4. The molecule has 3 rings (SSSR count). The first-order chi connectivity index (χ1) is 9.31. The van der Waals surface area contributed by atoms with E-state index in [2.05, 4.69) is 58.6 Å². The van der Waals surface area contributed by atoms with Crippen molar-refractivity contribution in [1.82, 2.24) is 4.98 Å². The molecule has 0 aliphatic carbocycles. The van der Waals surface area contributed by atoms with E-state index in [4.69, 9.17) is 0 Å². The molecule has 0 atom stereocenters. The van der Waals surface area contributed by atoms with E-state index >= 15 is 0 Å². The Bertz CT molecular complexity index is 657. The summed E-state index contributed by atoms with van der Waals surface area (Å²) in [7, 11) is 0. The SMILES string of the molecule is Cc1ccc(Nc2nc(-c3ccccc3)c[se]2)cc1. The molecular weight excluding hydrogens is 299 g/mol. The monoisotopic (exact) mass is 314 g/mol. The molecule has 19 heavy (non-hydrogen) atoms. The first-order valence-electron chi connectivity index (χ1n) is 6.16. The van der Waals surface area contributed by atoms with Crippen molar-refractivity contribution in [3.63, 3.8) is 0 Å². The second-order valence-corrected chi connectivity index (χ2v) is 6.20. The third kappa shape index (κ3) is 2.95. The second-order valence-electron chi connectivity index (χ2n) is 4.39. The van der Waals surface area contributed by atoms with Gasteiger partial charge in [-0.15, -0.1) is 0 Å². The van der Waals surface area contributed by atoms with Gasteiger partial charge >= 0.3 is 118 Å². The molecule has 2 nitrogen and oxygen atoms in total. The van der Waals surface area contributed by atoms with E-state index in [-0.39, 0.29) is 14.5 Å². The van der Waals surface area contributed by atoms with Gasteiger partial charge in [-0.1, -0.05) is 0 Å². The number of benzene rings is 2. The van der Waals surface area contributed by atoms with Crippen LogP contribution in [-0.2, 0) is 0 Å². The van der Waals surface area contributed by atoms with Crippen LogP contribution >= 0.6 is 0 Å². The molecule has 0 bridgehead atoms. The number of nitrogens with one attached hydrogen (secondary N) is 1. The van der Waals surface area contributed by atoms with Gasteiger partial charge in [-0.25, -0.2) is 0 Å². The molecule has 1 heterocycles. The molecule has 1 N–H and O–H groups in total. The zero-order valence-electron chi connectivity index (χ0n) is 10.6. The van der Waals surface area contributed by atoms with Crippen LogP contribution in [0.4, 0.5) is 10.4 Å². The summed E-state index contributed by atoms with van der Waals surface area (Å²) >= 11 is 0.288. The van der Waals surface area contributed by atoms with E-state index in [0.717, 1.165) is 16.1 Å². The summed E-state index contributed by atoms with van der Waals surface area (Å²) in [5.41, 5.74) is 4.64. The molecule has 0 aliphatic rings. The average Bonchev–Trinajstić information content (AvgIpc) is 2.91. The van der Waals surface area contributed by atoms with Crippen LogP contribution in [-0.4, -0.2) is 19.5 Å². The van der Waals surface area contributed by atoms with Gasteiger partial charge in [0.05, 0.1) is 0 Å². The van der Waals surface area contributed by atoms with Crippen molar-refractivity contribution in [2.45, 2.75) is 6.92 Å². The Hall–Kier alpha value is -1.83. The van der Waals surface area contributed by atoms with Gasteiger partial charge in [0.2, 0.25) is 0 Å². The number of aryl methyl sites for hydroxylation is 1. The van der Waals surface area contributed by atoms with Gasteiger partial charge in [0.25, 0.3) is 0 Å². The Kier molecular flexibility index (Phi) is 3.49. The zero-order chi connectivity index (χ0) is 13.1. The summed E-state index contributed by atoms with van der Waals surface area (Å²) in [6.45, 7) is 2.09. The molecule has 0 saturated carbocycles. The van der Waals surface area contributed by atoms with Crippen molar-refractivity contribution in [3.05, 3.63) is 65.1 Å². The number of rotatable bonds is 3. The molecule has 0 amide bonds. The van der Waals surface area contributed by atoms with E-state index in [9.17, 15) is 0 Å². The fourth-order valence-electron chi connectivity index (χ4n) is 1.83. The van der Waals surface area contributed by atoms with Crippen molar-refractivity contribution in [2.75, 3.05) is 5.32 Å². The standard InChI is InChI=1S/C16H14N2Se/c1-12-7-9-14(10-8-12)17-16-18-15(11-19-16)13-5-3-2-4-6-13/h2-11H,1H3,(H,17,18). The predicted octanol–water partition coefficient (Wildman–Crippen LogP) is 3.86. The Labute approximate surface area is 118 Å². The maximum absolute atomic E-state index is 4.67. The van der Waals surface area contributed by atoms with E-state index in [1.807, 2.05) is 18.2 Å². The Morgan fingerprint density at radius 2 is 1.68 bits per heavy atom. The molecule has 0 radical (unpaired) electrons. The quantitative estimate of drug-likeness (QED) is 0.743. The summed E-state index contributed by atoms with van der Waals surface area (Å²) in [5.74, 6) is 0. The van der Waals surface area contributed by atoms with Crippen LogP contribution in [0.2, 0.25) is 0 Å². The molecular formula is C16H14N2Se. The van der Waals surface area contributed by atoms with Crippen molar-refractivity contribution < 1.29 is 0 Å². The number of aromatic nitrogens is 1. The predicted molar refractivity (Wildman–Crippen MR) is 81.1 cm³/mol. The van der Waals surface area contributed by atoms with Gasteiger partial charge in [-0.3, -0.25) is 0 Å². The Balaban J connectivity index is 1.80. The van der Waals surface area contributed by atoms with E-state index in [1.165, 1.54) is 11.1 Å². The van der Waals surface area contributed by atoms with E-state index < -0.39 is 0 Å². The Morgan fingerprint density at radius 1 is 0.947 bits per heavy atom. The van der Waals surface area contributed by atoms with Gasteiger partial charge in [0, 0.05) is 0 Å². The van der Waals surface area contributed by atoms with Crippen LogP contribution < -0.4 is 5.32 Å². The van der Waals surface area contributed by atoms with Gasteiger partial charge < -0.3 is 0 Å². The number of nitrogens with zero attached hydrogens (tertiary/aromatic N) is 1. The minimum absolute atomic E-state index is 0.288. The van der Waals surface area contributed by atoms with Gasteiger partial charge in [0.15, 0.2) is 0 Å². The summed E-state index contributed by atoms with van der Waals surface area (Å²) in [6.07, 6.45) is 0. The number of hydrogen-bond acceptors (Lipinski definition) is 2. The molecule has 0 spiro atoms. The van der Waals surface area contributed by atoms with Crippen molar-refractivity contribution >= 4 is 24.9 Å². The number of anilines is 2. The molecule has 2 aromatic carbocycles. The average molecular weight is 313 g/mol. The molecule has 94 valence electrons. The third-order valence-electron chi connectivity index (χ3n) is 2.88. The Morgan fingerprint density at radius 3 is 2.42 bits per heavy atom. The minimum atomic E-state index is 0.288. The number of hydrogen-bond donors (Lipinski definition) is 1. The third-order valence-corrected chi connectivity index (χ3v) is 4.47. The van der Waals surface area contributed by atoms with Crippen LogP contribution in [0.1, 0.15) is 5.56 Å². The van der Waals surface area contributed by atoms with E-state index in [1.54, 1.807) is 0 Å². The van der Waals surface area contributed by atoms with Gasteiger partial charge in [-0.05, 0) is 0 Å². The van der Waals surface area contributed by atoms with Crippen molar-refractivity contribution in [1.29, 1.82) is 0 Å². The molecule has 3 aromatic rings. The summed E-state index contributed by atoms with van der Waals surface area (Å²) in [6, 6.07) is 18.7. The fourth-order valence-corrected chi connectivity index (χ4v) is 3.39. The van der Waals surface area contributed by atoms with Gasteiger partial charge in [0.1, 0.15) is 0 Å². The van der Waals surface area contributed by atoms with Crippen LogP contribution in [0.5, 0.6) is 0 Å². The van der Waals surface area contributed by atoms with Crippen LogP contribution in [0, 0.1) is 6.92 Å². The summed E-state index contributed by atoms with van der Waals surface area (Å²) in [5, 5.41) is 3.39. The maximum atomic E-state index is 4.67. The first-order valence-corrected chi connectivity index (χ1v) is 8.00. The molecule has 0 unspecified atom stereocenters. The van der Waals surface area contributed by atoms with Crippen molar-refractivity contribution in [2.24, 2.45) is 0 Å². The first kappa shape index (κ1) is 12.2. The second kappa shape index (κ2) is 5.43. The van der Waals surface area contributed by atoms with E-state index in [0.29, 0.717) is 0 Å². The molecule has 0 aliphatic heterocycles. The summed E-state index contributed by atoms with van der Waals surface area (Å²) < 4.78 is 1.07.